The van der Waals surface area contributed by atoms with E-state index < -0.39 is 5.97 Å². The molecule has 0 saturated heterocycles. The van der Waals surface area contributed by atoms with Crippen molar-refractivity contribution in [3.05, 3.63) is 24.8 Å². The molecule has 1 rings (SSSR count). The first kappa shape index (κ1) is 14.0. The van der Waals surface area contributed by atoms with Crippen molar-refractivity contribution in [2.75, 3.05) is 0 Å². The van der Waals surface area contributed by atoms with E-state index in [2.05, 4.69) is 45.2 Å². The first-order chi connectivity index (χ1) is 7.45. The lowest BCUT2D eigenvalue weighted by atomic mass is 9.93. The molecule has 1 aromatic carbocycles. The Labute approximate surface area is 122 Å². The summed E-state index contributed by atoms with van der Waals surface area (Å²) in [7, 11) is 0. The Balaban J connectivity index is 3.06. The van der Waals surface area contributed by atoms with Crippen molar-refractivity contribution < 1.29 is 15.0 Å². The molecule has 0 saturated carbocycles. The molecular weight excluding hydrogens is 434 g/mol. The Morgan fingerprint density at radius 1 is 1.38 bits per heavy atom. The van der Waals surface area contributed by atoms with Crippen molar-refractivity contribution in [2.24, 2.45) is 0 Å². The van der Waals surface area contributed by atoms with Gasteiger partial charge in [0.1, 0.15) is 5.75 Å². The number of carbonyl (C=O) groups is 1. The maximum atomic E-state index is 10.7. The molecule has 0 spiro atoms. The van der Waals surface area contributed by atoms with Crippen LogP contribution in [0.25, 0.3) is 0 Å². The first-order valence-corrected chi connectivity index (χ1v) is 7.01. The highest BCUT2D eigenvalue weighted by atomic mass is 127. The summed E-state index contributed by atoms with van der Waals surface area (Å²) in [6, 6.07) is 3.71. The van der Waals surface area contributed by atoms with Crippen LogP contribution in [0.3, 0.4) is 0 Å². The van der Waals surface area contributed by atoms with Gasteiger partial charge in [-0.2, -0.15) is 0 Å². The molecule has 16 heavy (non-hydrogen) atoms. The molecule has 1 unspecified atom stereocenters. The third-order valence-electron chi connectivity index (χ3n) is 2.42. The highest BCUT2D eigenvalue weighted by molar-refractivity contribution is 14.1. The zero-order chi connectivity index (χ0) is 12.3. The minimum absolute atomic E-state index is 0.0140. The van der Waals surface area contributed by atoms with Gasteiger partial charge in [-0.15, -0.1) is 0 Å². The largest absolute Gasteiger partial charge is 0.506 e. The summed E-state index contributed by atoms with van der Waals surface area (Å²) in [4.78, 5) is 10.7. The Morgan fingerprint density at radius 3 is 2.25 bits per heavy atom. The molecule has 5 heteroatoms. The van der Waals surface area contributed by atoms with Crippen LogP contribution in [0.4, 0.5) is 0 Å². The lowest BCUT2D eigenvalue weighted by molar-refractivity contribution is -0.137. The Bertz CT molecular complexity index is 381. The minimum Gasteiger partial charge on any atom is -0.506 e. The number of halogens is 2. The van der Waals surface area contributed by atoms with Gasteiger partial charge in [-0.25, -0.2) is 0 Å². The van der Waals surface area contributed by atoms with Crippen molar-refractivity contribution in [3.8, 4) is 5.75 Å². The molecule has 0 bridgehead atoms. The topological polar surface area (TPSA) is 57.5 Å². The summed E-state index contributed by atoms with van der Waals surface area (Å²) in [5, 5.41) is 18.5. The zero-order valence-corrected chi connectivity index (χ0v) is 13.0. The number of phenolic OH excluding ortho intramolecular Hbond substituents is 1. The monoisotopic (exact) mass is 446 g/mol. The SMILES string of the molecule is CCC(CC(=O)O)c1cc(I)c(O)c(I)c1. The van der Waals surface area contributed by atoms with E-state index in [4.69, 9.17) is 5.11 Å². The molecule has 0 aliphatic carbocycles. The Morgan fingerprint density at radius 2 is 1.88 bits per heavy atom. The normalized spacial score (nSPS) is 12.4. The number of aliphatic carboxylic acids is 1. The fraction of sp³-hybridized carbons (Fsp3) is 0.364. The van der Waals surface area contributed by atoms with Crippen LogP contribution in [-0.2, 0) is 4.79 Å². The number of aromatic hydroxyl groups is 1. The van der Waals surface area contributed by atoms with Crippen molar-refractivity contribution in [1.29, 1.82) is 0 Å². The van der Waals surface area contributed by atoms with Crippen LogP contribution in [0.5, 0.6) is 5.75 Å². The van der Waals surface area contributed by atoms with Gasteiger partial charge in [-0.3, -0.25) is 4.79 Å². The predicted molar refractivity (Wildman–Crippen MR) is 78.8 cm³/mol. The standard InChI is InChI=1S/C11H12I2O3/c1-2-6(5-10(14)15)7-3-8(12)11(16)9(13)4-7/h3-4,6,16H,2,5H2,1H3,(H,14,15). The highest BCUT2D eigenvalue weighted by Crippen LogP contribution is 2.32. The molecule has 1 aromatic rings. The summed E-state index contributed by atoms with van der Waals surface area (Å²) in [5.41, 5.74) is 0.983. The van der Waals surface area contributed by atoms with Gasteiger partial charge in [0.05, 0.1) is 13.6 Å². The Kier molecular flexibility index (Phi) is 5.29. The number of carboxylic acid groups (broad SMARTS) is 1. The summed E-state index contributed by atoms with van der Waals surface area (Å²) >= 11 is 4.11. The second-order valence-electron chi connectivity index (χ2n) is 3.54. The van der Waals surface area contributed by atoms with Gasteiger partial charge in [-0.05, 0) is 75.2 Å². The van der Waals surface area contributed by atoms with Crippen molar-refractivity contribution in [1.82, 2.24) is 0 Å². The number of hydrogen-bond acceptors (Lipinski definition) is 2. The molecule has 88 valence electrons. The summed E-state index contributed by atoms with van der Waals surface area (Å²) in [5.74, 6) is -0.500. The predicted octanol–water partition coefficient (Wildman–Crippen LogP) is 3.57. The lowest BCUT2D eigenvalue weighted by Gasteiger charge is -2.14. The maximum Gasteiger partial charge on any atom is 0.303 e. The molecule has 1 atom stereocenters. The molecule has 0 radical (unpaired) electrons. The molecule has 0 aliphatic heterocycles. The van der Waals surface area contributed by atoms with E-state index in [1.807, 2.05) is 19.1 Å². The third-order valence-corrected chi connectivity index (χ3v) is 4.07. The minimum atomic E-state index is -0.787. The fourth-order valence-corrected chi connectivity index (χ4v) is 3.35. The summed E-state index contributed by atoms with van der Waals surface area (Å²) in [6.07, 6.45) is 0.913. The van der Waals surface area contributed by atoms with E-state index in [0.29, 0.717) is 0 Å². The molecule has 2 N–H and O–H groups in total. The number of hydrogen-bond donors (Lipinski definition) is 2. The van der Waals surface area contributed by atoms with Crippen molar-refractivity contribution in [2.45, 2.75) is 25.7 Å². The number of rotatable bonds is 4. The smallest absolute Gasteiger partial charge is 0.303 e. The van der Waals surface area contributed by atoms with E-state index >= 15 is 0 Å². The van der Waals surface area contributed by atoms with Crippen LogP contribution in [0, 0.1) is 7.14 Å². The molecule has 0 aliphatic rings. The van der Waals surface area contributed by atoms with E-state index in [0.717, 1.165) is 19.1 Å². The van der Waals surface area contributed by atoms with Gasteiger partial charge < -0.3 is 10.2 Å². The van der Waals surface area contributed by atoms with Crippen LogP contribution < -0.4 is 0 Å². The third kappa shape index (κ3) is 3.47. The molecular formula is C11H12I2O3. The van der Waals surface area contributed by atoms with Gasteiger partial charge in [0, 0.05) is 0 Å². The van der Waals surface area contributed by atoms with E-state index in [1.165, 1.54) is 0 Å². The number of phenols is 1. The van der Waals surface area contributed by atoms with Crippen LogP contribution in [0.1, 0.15) is 31.2 Å². The second-order valence-corrected chi connectivity index (χ2v) is 5.86. The average Bonchev–Trinajstić information content (AvgIpc) is 2.21. The maximum absolute atomic E-state index is 10.7. The van der Waals surface area contributed by atoms with Crippen molar-refractivity contribution >= 4 is 51.2 Å². The van der Waals surface area contributed by atoms with Gasteiger partial charge in [-0.1, -0.05) is 6.92 Å². The van der Waals surface area contributed by atoms with E-state index in [-0.39, 0.29) is 18.1 Å². The van der Waals surface area contributed by atoms with Crippen LogP contribution in [0.2, 0.25) is 0 Å². The highest BCUT2D eigenvalue weighted by Gasteiger charge is 2.16. The number of carboxylic acids is 1. The first-order valence-electron chi connectivity index (χ1n) is 4.85. The van der Waals surface area contributed by atoms with Gasteiger partial charge in [0.2, 0.25) is 0 Å². The molecule has 0 aromatic heterocycles. The molecule has 0 fully saturated rings. The van der Waals surface area contributed by atoms with Crippen LogP contribution in [0.15, 0.2) is 12.1 Å². The summed E-state index contributed by atoms with van der Waals surface area (Å²) in [6.45, 7) is 1.97. The van der Waals surface area contributed by atoms with Crippen LogP contribution in [-0.4, -0.2) is 16.2 Å². The Hall–Kier alpha value is -0.0500. The second kappa shape index (κ2) is 6.04. The van der Waals surface area contributed by atoms with Gasteiger partial charge in [0.25, 0.3) is 0 Å². The average molecular weight is 446 g/mol. The molecule has 3 nitrogen and oxygen atoms in total. The quantitative estimate of drug-likeness (QED) is 0.696. The molecule has 0 amide bonds. The fourth-order valence-electron chi connectivity index (χ4n) is 1.53. The molecule has 0 heterocycles. The van der Waals surface area contributed by atoms with Crippen LogP contribution >= 0.6 is 45.2 Å². The summed E-state index contributed by atoms with van der Waals surface area (Å²) < 4.78 is 1.53. The van der Waals surface area contributed by atoms with Gasteiger partial charge >= 0.3 is 5.97 Å². The zero-order valence-electron chi connectivity index (χ0n) is 8.70. The number of benzene rings is 1. The van der Waals surface area contributed by atoms with Crippen molar-refractivity contribution in [3.63, 3.8) is 0 Å². The van der Waals surface area contributed by atoms with E-state index in [1.54, 1.807) is 0 Å². The van der Waals surface area contributed by atoms with Gasteiger partial charge in [0.15, 0.2) is 0 Å². The van der Waals surface area contributed by atoms with E-state index in [9.17, 15) is 9.90 Å². The lowest BCUT2D eigenvalue weighted by Crippen LogP contribution is -2.06.